The van der Waals surface area contributed by atoms with Crippen molar-refractivity contribution in [3.63, 3.8) is 0 Å². The minimum atomic E-state index is -0.128. The lowest BCUT2D eigenvalue weighted by molar-refractivity contribution is 0.0940. The fourth-order valence-electron chi connectivity index (χ4n) is 2.51. The maximum Gasteiger partial charge on any atom is 0.268 e. The number of benzene rings is 1. The highest BCUT2D eigenvalue weighted by Gasteiger charge is 2.25. The zero-order valence-electron chi connectivity index (χ0n) is 12.3. The van der Waals surface area contributed by atoms with Crippen LogP contribution in [0.1, 0.15) is 43.1 Å². The summed E-state index contributed by atoms with van der Waals surface area (Å²) in [6.07, 6.45) is 3.96. The average molecular weight is 284 g/mol. The lowest BCUT2D eigenvalue weighted by atomic mass is 10.1. The number of carbonyl (C=O) groups is 1. The maximum absolute atomic E-state index is 12.6. The molecule has 4 nitrogen and oxygen atoms in total. The normalized spacial score (nSPS) is 14.3. The third kappa shape index (κ3) is 2.84. The first-order valence-electron chi connectivity index (χ1n) is 7.64. The van der Waals surface area contributed by atoms with Gasteiger partial charge in [-0.2, -0.15) is 0 Å². The number of nitrogens with one attached hydrogen (secondary N) is 1. The zero-order chi connectivity index (χ0) is 14.8. The van der Waals surface area contributed by atoms with E-state index >= 15 is 0 Å². The predicted octanol–water partition coefficient (Wildman–Crippen LogP) is 2.69. The summed E-state index contributed by atoms with van der Waals surface area (Å²) in [5.74, 6) is -0.128. The minimum absolute atomic E-state index is 0.0671. The molecule has 2 aromatic rings. The van der Waals surface area contributed by atoms with Crippen LogP contribution in [0.5, 0.6) is 0 Å². The van der Waals surface area contributed by atoms with Crippen LogP contribution in [0.25, 0.3) is 10.8 Å². The second-order valence-electron chi connectivity index (χ2n) is 5.67. The Labute approximate surface area is 123 Å². The molecule has 4 heteroatoms. The van der Waals surface area contributed by atoms with Gasteiger partial charge >= 0.3 is 0 Å². The van der Waals surface area contributed by atoms with Crippen LogP contribution in [0.3, 0.4) is 0 Å². The van der Waals surface area contributed by atoms with Gasteiger partial charge in [0.25, 0.3) is 11.5 Å². The van der Waals surface area contributed by atoms with Gasteiger partial charge in [0.15, 0.2) is 0 Å². The summed E-state index contributed by atoms with van der Waals surface area (Å²) >= 11 is 0. The molecule has 1 fully saturated rings. The lowest BCUT2D eigenvalue weighted by Gasteiger charge is -2.14. The Kier molecular flexibility index (Phi) is 3.78. The van der Waals surface area contributed by atoms with Crippen LogP contribution in [0.2, 0.25) is 0 Å². The molecule has 1 aliphatic rings. The number of carbonyl (C=O) groups excluding carboxylic acids is 1. The molecule has 0 aliphatic heterocycles. The molecule has 1 saturated carbocycles. The van der Waals surface area contributed by atoms with E-state index in [9.17, 15) is 9.59 Å². The zero-order valence-corrected chi connectivity index (χ0v) is 12.3. The second kappa shape index (κ2) is 5.72. The van der Waals surface area contributed by atoms with Crippen molar-refractivity contribution in [2.45, 2.75) is 45.2 Å². The Morgan fingerprint density at radius 1 is 1.33 bits per heavy atom. The quantitative estimate of drug-likeness (QED) is 0.917. The molecule has 1 N–H and O–H groups in total. The third-order valence-corrected chi connectivity index (χ3v) is 3.90. The van der Waals surface area contributed by atoms with Crippen LogP contribution < -0.4 is 10.9 Å². The molecule has 21 heavy (non-hydrogen) atoms. The van der Waals surface area contributed by atoms with E-state index in [2.05, 4.69) is 12.2 Å². The van der Waals surface area contributed by atoms with Crippen molar-refractivity contribution in [2.75, 3.05) is 0 Å². The van der Waals surface area contributed by atoms with Gasteiger partial charge in [-0.3, -0.25) is 9.59 Å². The van der Waals surface area contributed by atoms with Crippen molar-refractivity contribution in [1.82, 2.24) is 9.88 Å². The number of unbranched alkanes of at least 4 members (excludes halogenated alkanes) is 1. The summed E-state index contributed by atoms with van der Waals surface area (Å²) in [5, 5.41) is 4.49. The number of hydrogen-bond donors (Lipinski definition) is 1. The maximum atomic E-state index is 12.6. The second-order valence-corrected chi connectivity index (χ2v) is 5.67. The Hall–Kier alpha value is -2.10. The van der Waals surface area contributed by atoms with Crippen LogP contribution in [-0.4, -0.2) is 16.5 Å². The van der Waals surface area contributed by atoms with Crippen molar-refractivity contribution >= 4 is 16.7 Å². The summed E-state index contributed by atoms with van der Waals surface area (Å²) < 4.78 is 1.63. The number of rotatable bonds is 5. The summed E-state index contributed by atoms with van der Waals surface area (Å²) in [6, 6.07) is 9.58. The molecule has 1 amide bonds. The van der Waals surface area contributed by atoms with E-state index in [1.807, 2.05) is 30.3 Å². The van der Waals surface area contributed by atoms with E-state index < -0.39 is 0 Å². The topological polar surface area (TPSA) is 51.1 Å². The van der Waals surface area contributed by atoms with E-state index in [1.165, 1.54) is 0 Å². The Morgan fingerprint density at radius 2 is 2.10 bits per heavy atom. The van der Waals surface area contributed by atoms with E-state index in [0.29, 0.717) is 23.7 Å². The monoisotopic (exact) mass is 284 g/mol. The van der Waals surface area contributed by atoms with Crippen molar-refractivity contribution in [3.05, 3.63) is 46.4 Å². The van der Waals surface area contributed by atoms with Crippen LogP contribution in [-0.2, 0) is 6.54 Å². The minimum Gasteiger partial charge on any atom is -0.348 e. The van der Waals surface area contributed by atoms with E-state index in [-0.39, 0.29) is 11.5 Å². The fourth-order valence-corrected chi connectivity index (χ4v) is 2.51. The highest BCUT2D eigenvalue weighted by molar-refractivity contribution is 5.97. The molecule has 0 atom stereocenters. The first-order chi connectivity index (χ1) is 10.2. The molecule has 0 bridgehead atoms. The molecule has 0 saturated heterocycles. The van der Waals surface area contributed by atoms with Gasteiger partial charge in [-0.25, -0.2) is 0 Å². The summed E-state index contributed by atoms with van der Waals surface area (Å²) in [6.45, 7) is 2.67. The van der Waals surface area contributed by atoms with Gasteiger partial charge in [-0.15, -0.1) is 0 Å². The molecule has 1 heterocycles. The first-order valence-corrected chi connectivity index (χ1v) is 7.64. The molecule has 1 aliphatic carbocycles. The smallest absolute Gasteiger partial charge is 0.268 e. The number of amides is 1. The largest absolute Gasteiger partial charge is 0.348 e. The van der Waals surface area contributed by atoms with Crippen LogP contribution >= 0.6 is 0 Å². The molecule has 0 unspecified atom stereocenters. The van der Waals surface area contributed by atoms with E-state index in [0.717, 1.165) is 31.1 Å². The van der Waals surface area contributed by atoms with Crippen LogP contribution in [0.4, 0.5) is 0 Å². The van der Waals surface area contributed by atoms with Gasteiger partial charge in [0.1, 0.15) is 5.69 Å². The number of fused-ring (bicyclic) bond motifs is 1. The molecule has 1 aromatic carbocycles. The standard InChI is InChI=1S/C17H20N2O2/c1-2-3-10-19-15(16(20)18-13-8-9-13)11-12-6-4-5-7-14(12)17(19)21/h4-7,11,13H,2-3,8-10H2,1H3,(H,18,20). The SMILES string of the molecule is CCCCn1c(C(=O)NC2CC2)cc2ccccc2c1=O. The number of hydrogen-bond acceptors (Lipinski definition) is 2. The summed E-state index contributed by atoms with van der Waals surface area (Å²) in [4.78, 5) is 25.0. The van der Waals surface area contributed by atoms with Crippen molar-refractivity contribution in [3.8, 4) is 0 Å². The van der Waals surface area contributed by atoms with Gasteiger partial charge in [0, 0.05) is 18.0 Å². The van der Waals surface area contributed by atoms with Crippen molar-refractivity contribution < 1.29 is 4.79 Å². The number of pyridine rings is 1. The van der Waals surface area contributed by atoms with Crippen molar-refractivity contribution in [1.29, 1.82) is 0 Å². The van der Waals surface area contributed by atoms with Crippen molar-refractivity contribution in [2.24, 2.45) is 0 Å². The molecular weight excluding hydrogens is 264 g/mol. The van der Waals surface area contributed by atoms with Crippen LogP contribution in [0.15, 0.2) is 35.1 Å². The molecule has 0 spiro atoms. The van der Waals surface area contributed by atoms with E-state index in [1.54, 1.807) is 4.57 Å². The molecule has 1 aromatic heterocycles. The molecular formula is C17H20N2O2. The fraction of sp³-hybridized carbons (Fsp3) is 0.412. The molecule has 3 rings (SSSR count). The Balaban J connectivity index is 2.09. The lowest BCUT2D eigenvalue weighted by Crippen LogP contribution is -2.33. The highest BCUT2D eigenvalue weighted by Crippen LogP contribution is 2.20. The third-order valence-electron chi connectivity index (χ3n) is 3.90. The Bertz CT molecular complexity index is 729. The first kappa shape index (κ1) is 13.9. The predicted molar refractivity (Wildman–Crippen MR) is 83.6 cm³/mol. The average Bonchev–Trinajstić information content (AvgIpc) is 3.30. The van der Waals surface area contributed by atoms with Gasteiger partial charge in [0.2, 0.25) is 0 Å². The summed E-state index contributed by atoms with van der Waals surface area (Å²) in [5.41, 5.74) is 0.418. The number of aromatic nitrogens is 1. The van der Waals surface area contributed by atoms with Gasteiger partial charge in [0.05, 0.1) is 0 Å². The van der Waals surface area contributed by atoms with Crippen LogP contribution in [0, 0.1) is 0 Å². The summed E-state index contributed by atoms with van der Waals surface area (Å²) in [7, 11) is 0. The molecule has 110 valence electrons. The van der Waals surface area contributed by atoms with Gasteiger partial charge < -0.3 is 9.88 Å². The van der Waals surface area contributed by atoms with Gasteiger partial charge in [-0.05, 0) is 36.8 Å². The van der Waals surface area contributed by atoms with E-state index in [4.69, 9.17) is 0 Å². The highest BCUT2D eigenvalue weighted by atomic mass is 16.2. The Morgan fingerprint density at radius 3 is 2.81 bits per heavy atom. The molecule has 0 radical (unpaired) electrons. The van der Waals surface area contributed by atoms with Gasteiger partial charge in [-0.1, -0.05) is 31.5 Å². The number of nitrogens with zero attached hydrogens (tertiary/aromatic N) is 1.